The standard InChI is InChI=1S/C27H20BrClF3N3O/c28-21-12-13-24(33-17-21)26(16-18-6-2-1-3-7-18,19-8-4-9-20(14-19)27(30,31)32)35-25(36)34-23-11-5-10-22(29)15-23/h1-15,17H,16H2,(H2,34,35,36). The van der Waals surface area contributed by atoms with E-state index in [0.29, 0.717) is 20.9 Å². The van der Waals surface area contributed by atoms with Crippen molar-refractivity contribution in [2.24, 2.45) is 0 Å². The highest BCUT2D eigenvalue weighted by Crippen LogP contribution is 2.37. The van der Waals surface area contributed by atoms with Crippen molar-refractivity contribution in [2.75, 3.05) is 5.32 Å². The van der Waals surface area contributed by atoms with Crippen molar-refractivity contribution in [3.63, 3.8) is 0 Å². The maximum atomic E-state index is 13.7. The van der Waals surface area contributed by atoms with E-state index in [-0.39, 0.29) is 12.0 Å². The number of hydrogen-bond donors (Lipinski definition) is 2. The average molecular weight is 575 g/mol. The van der Waals surface area contributed by atoms with E-state index < -0.39 is 23.3 Å². The second-order valence-corrected chi connectivity index (χ2v) is 9.45. The molecule has 9 heteroatoms. The molecule has 0 saturated heterocycles. The summed E-state index contributed by atoms with van der Waals surface area (Å²) in [5.41, 5.74) is -0.436. The third kappa shape index (κ3) is 6.06. The summed E-state index contributed by atoms with van der Waals surface area (Å²) in [7, 11) is 0. The van der Waals surface area contributed by atoms with Crippen LogP contribution in [-0.2, 0) is 18.1 Å². The Balaban J connectivity index is 1.87. The Morgan fingerprint density at radius 1 is 0.889 bits per heavy atom. The van der Waals surface area contributed by atoms with Crippen LogP contribution in [0.15, 0.2) is 102 Å². The van der Waals surface area contributed by atoms with Crippen molar-refractivity contribution in [2.45, 2.75) is 18.1 Å². The number of pyridine rings is 1. The van der Waals surface area contributed by atoms with Gasteiger partial charge in [-0.15, -0.1) is 0 Å². The lowest BCUT2D eigenvalue weighted by Crippen LogP contribution is -2.50. The smallest absolute Gasteiger partial charge is 0.322 e. The highest BCUT2D eigenvalue weighted by Gasteiger charge is 2.40. The summed E-state index contributed by atoms with van der Waals surface area (Å²) in [5, 5.41) is 6.09. The molecule has 0 saturated carbocycles. The number of amides is 2. The number of carbonyl (C=O) groups excluding carboxylic acids is 1. The summed E-state index contributed by atoms with van der Waals surface area (Å²) in [5.74, 6) is 0. The van der Waals surface area contributed by atoms with Gasteiger partial charge in [-0.05, 0) is 69.5 Å². The van der Waals surface area contributed by atoms with E-state index in [1.165, 1.54) is 6.07 Å². The lowest BCUT2D eigenvalue weighted by Gasteiger charge is -2.36. The van der Waals surface area contributed by atoms with Crippen LogP contribution in [0.4, 0.5) is 23.7 Å². The molecule has 0 fully saturated rings. The average Bonchev–Trinajstić information content (AvgIpc) is 2.84. The number of halogens is 5. The quantitative estimate of drug-likeness (QED) is 0.247. The number of rotatable bonds is 6. The van der Waals surface area contributed by atoms with E-state index in [2.05, 4.69) is 31.5 Å². The normalized spacial score (nSPS) is 13.0. The van der Waals surface area contributed by atoms with Gasteiger partial charge >= 0.3 is 12.2 Å². The van der Waals surface area contributed by atoms with Gasteiger partial charge in [0, 0.05) is 27.8 Å². The van der Waals surface area contributed by atoms with E-state index in [0.717, 1.165) is 17.7 Å². The van der Waals surface area contributed by atoms with E-state index in [1.54, 1.807) is 48.7 Å². The van der Waals surface area contributed by atoms with Crippen molar-refractivity contribution in [3.05, 3.63) is 129 Å². The zero-order valence-electron chi connectivity index (χ0n) is 18.7. The Morgan fingerprint density at radius 3 is 2.28 bits per heavy atom. The third-order valence-corrected chi connectivity index (χ3v) is 6.27. The Hall–Kier alpha value is -3.36. The van der Waals surface area contributed by atoms with Gasteiger partial charge in [-0.1, -0.05) is 60.1 Å². The Labute approximate surface area is 219 Å². The van der Waals surface area contributed by atoms with Crippen molar-refractivity contribution >= 4 is 39.2 Å². The fraction of sp³-hybridized carbons (Fsp3) is 0.111. The lowest BCUT2D eigenvalue weighted by molar-refractivity contribution is -0.137. The summed E-state index contributed by atoms with van der Waals surface area (Å²) < 4.78 is 41.8. The molecule has 4 nitrogen and oxygen atoms in total. The van der Waals surface area contributed by atoms with Gasteiger partial charge in [0.15, 0.2) is 0 Å². The second-order valence-electron chi connectivity index (χ2n) is 8.10. The highest BCUT2D eigenvalue weighted by atomic mass is 79.9. The molecular formula is C27H20BrClF3N3O. The summed E-state index contributed by atoms with van der Waals surface area (Å²) in [6.07, 6.45) is -2.88. The minimum atomic E-state index is -4.56. The van der Waals surface area contributed by atoms with Crippen LogP contribution in [0.1, 0.15) is 22.4 Å². The predicted molar refractivity (Wildman–Crippen MR) is 138 cm³/mol. The molecule has 184 valence electrons. The monoisotopic (exact) mass is 573 g/mol. The molecule has 2 amide bonds. The SMILES string of the molecule is O=C(Nc1cccc(Cl)c1)NC(Cc1ccccc1)(c1cccc(C(F)(F)F)c1)c1ccc(Br)cn1. The molecule has 1 unspecified atom stereocenters. The van der Waals surface area contributed by atoms with E-state index in [1.807, 2.05) is 30.3 Å². The van der Waals surface area contributed by atoms with Crippen molar-refractivity contribution in [3.8, 4) is 0 Å². The van der Waals surface area contributed by atoms with E-state index in [4.69, 9.17) is 11.6 Å². The number of nitrogens with one attached hydrogen (secondary N) is 2. The minimum absolute atomic E-state index is 0.146. The number of hydrogen-bond acceptors (Lipinski definition) is 2. The molecular weight excluding hydrogens is 555 g/mol. The second kappa shape index (κ2) is 10.7. The molecule has 1 heterocycles. The molecule has 4 aromatic rings. The first-order chi connectivity index (χ1) is 17.2. The van der Waals surface area contributed by atoms with Gasteiger partial charge in [0.05, 0.1) is 11.3 Å². The van der Waals surface area contributed by atoms with Crippen LogP contribution in [0.5, 0.6) is 0 Å². The number of aromatic nitrogens is 1. The maximum absolute atomic E-state index is 13.7. The number of benzene rings is 3. The van der Waals surface area contributed by atoms with Gasteiger partial charge in [0.1, 0.15) is 5.54 Å². The van der Waals surface area contributed by atoms with Crippen LogP contribution < -0.4 is 10.6 Å². The zero-order chi connectivity index (χ0) is 25.8. The third-order valence-electron chi connectivity index (χ3n) is 5.57. The number of nitrogens with zero attached hydrogens (tertiary/aromatic N) is 1. The van der Waals surface area contributed by atoms with Gasteiger partial charge < -0.3 is 10.6 Å². The summed E-state index contributed by atoms with van der Waals surface area (Å²) >= 11 is 9.39. The van der Waals surface area contributed by atoms with Gasteiger partial charge in [0.25, 0.3) is 0 Å². The largest absolute Gasteiger partial charge is 0.416 e. The molecule has 0 spiro atoms. The molecule has 36 heavy (non-hydrogen) atoms. The first kappa shape index (κ1) is 25.7. The van der Waals surface area contributed by atoms with E-state index in [9.17, 15) is 18.0 Å². The van der Waals surface area contributed by atoms with Crippen LogP contribution >= 0.6 is 27.5 Å². The Bertz CT molecular complexity index is 1350. The first-order valence-electron chi connectivity index (χ1n) is 10.8. The molecule has 0 aliphatic rings. The fourth-order valence-electron chi connectivity index (χ4n) is 3.93. The Kier molecular flexibility index (Phi) is 7.66. The van der Waals surface area contributed by atoms with Crippen LogP contribution in [-0.4, -0.2) is 11.0 Å². The number of carbonyl (C=O) groups is 1. The van der Waals surface area contributed by atoms with Crippen LogP contribution in [0.25, 0.3) is 0 Å². The fourth-order valence-corrected chi connectivity index (χ4v) is 4.36. The molecule has 1 atom stereocenters. The van der Waals surface area contributed by atoms with E-state index >= 15 is 0 Å². The molecule has 0 bridgehead atoms. The van der Waals surface area contributed by atoms with Crippen molar-refractivity contribution in [1.29, 1.82) is 0 Å². The van der Waals surface area contributed by atoms with Gasteiger partial charge in [0.2, 0.25) is 0 Å². The number of urea groups is 1. The topological polar surface area (TPSA) is 54.0 Å². The first-order valence-corrected chi connectivity index (χ1v) is 12.0. The molecule has 2 N–H and O–H groups in total. The van der Waals surface area contributed by atoms with Crippen molar-refractivity contribution in [1.82, 2.24) is 10.3 Å². The minimum Gasteiger partial charge on any atom is -0.322 e. The zero-order valence-corrected chi connectivity index (χ0v) is 21.0. The molecule has 0 radical (unpaired) electrons. The maximum Gasteiger partial charge on any atom is 0.416 e. The summed E-state index contributed by atoms with van der Waals surface area (Å²) in [6, 6.07) is 23.5. The van der Waals surface area contributed by atoms with Crippen LogP contribution in [0.3, 0.4) is 0 Å². The Morgan fingerprint density at radius 2 is 1.61 bits per heavy atom. The molecule has 0 aliphatic heterocycles. The predicted octanol–water partition coefficient (Wildman–Crippen LogP) is 7.82. The number of anilines is 1. The summed E-state index contributed by atoms with van der Waals surface area (Å²) in [6.45, 7) is 0. The summed E-state index contributed by atoms with van der Waals surface area (Å²) in [4.78, 5) is 17.8. The number of alkyl halides is 3. The lowest BCUT2D eigenvalue weighted by atomic mass is 9.80. The molecule has 4 rings (SSSR count). The molecule has 0 aliphatic carbocycles. The highest BCUT2D eigenvalue weighted by molar-refractivity contribution is 9.10. The van der Waals surface area contributed by atoms with Gasteiger partial charge in [-0.2, -0.15) is 13.2 Å². The van der Waals surface area contributed by atoms with Crippen LogP contribution in [0, 0.1) is 0 Å². The molecule has 3 aromatic carbocycles. The van der Waals surface area contributed by atoms with Crippen molar-refractivity contribution < 1.29 is 18.0 Å². The van der Waals surface area contributed by atoms with Gasteiger partial charge in [-0.25, -0.2) is 4.79 Å². The molecule has 1 aromatic heterocycles. The van der Waals surface area contributed by atoms with Crippen LogP contribution in [0.2, 0.25) is 5.02 Å². The van der Waals surface area contributed by atoms with Gasteiger partial charge in [-0.3, -0.25) is 4.98 Å².